The highest BCUT2D eigenvalue weighted by Crippen LogP contribution is 2.21. The van der Waals surface area contributed by atoms with E-state index in [-0.39, 0.29) is 6.04 Å². The van der Waals surface area contributed by atoms with Gasteiger partial charge in [-0.2, -0.15) is 0 Å². The molecule has 2 aliphatic rings. The highest BCUT2D eigenvalue weighted by atomic mass is 16.5. The minimum Gasteiger partial charge on any atom is -0.497 e. The molecule has 0 unspecified atom stereocenters. The van der Waals surface area contributed by atoms with E-state index in [9.17, 15) is 4.79 Å². The quantitative estimate of drug-likeness (QED) is 0.849. The summed E-state index contributed by atoms with van der Waals surface area (Å²) in [5.74, 6) is 1.19. The lowest BCUT2D eigenvalue weighted by Crippen LogP contribution is -2.54. The zero-order valence-corrected chi connectivity index (χ0v) is 14.2. The van der Waals surface area contributed by atoms with E-state index in [0.717, 1.165) is 57.9 Å². The normalized spacial score (nSPS) is 20.6. The molecule has 0 aromatic heterocycles. The Kier molecular flexibility index (Phi) is 5.06. The van der Waals surface area contributed by atoms with Crippen LogP contribution in [0.25, 0.3) is 0 Å². The Morgan fingerprint density at radius 3 is 2.17 bits per heavy atom. The van der Waals surface area contributed by atoms with Crippen LogP contribution in [0, 0.1) is 0 Å². The van der Waals surface area contributed by atoms with Gasteiger partial charge in [-0.05, 0) is 44.0 Å². The van der Waals surface area contributed by atoms with Gasteiger partial charge in [-0.1, -0.05) is 0 Å². The number of carbonyl (C=O) groups is 1. The van der Waals surface area contributed by atoms with Crippen LogP contribution < -0.4 is 9.64 Å². The predicted molar refractivity (Wildman–Crippen MR) is 92.1 cm³/mol. The van der Waals surface area contributed by atoms with Crippen LogP contribution in [0.2, 0.25) is 0 Å². The summed E-state index contributed by atoms with van der Waals surface area (Å²) >= 11 is 0. The molecule has 0 N–H and O–H groups in total. The van der Waals surface area contributed by atoms with Crippen molar-refractivity contribution in [3.05, 3.63) is 24.3 Å². The second kappa shape index (κ2) is 7.21. The topological polar surface area (TPSA) is 36.0 Å². The SMILES string of the molecule is COc1ccc(N2CCN([C@H](C)C(=O)N3CCCC3)CC2)cc1. The first-order valence-corrected chi connectivity index (χ1v) is 8.61. The molecule has 0 spiro atoms. The highest BCUT2D eigenvalue weighted by Gasteiger charge is 2.29. The number of rotatable bonds is 4. The summed E-state index contributed by atoms with van der Waals surface area (Å²) in [6.45, 7) is 7.74. The molecule has 0 radical (unpaired) electrons. The maximum atomic E-state index is 12.5. The Hall–Kier alpha value is -1.75. The molecule has 1 atom stereocenters. The number of hydrogen-bond donors (Lipinski definition) is 0. The van der Waals surface area contributed by atoms with Crippen LogP contribution in [-0.2, 0) is 4.79 Å². The van der Waals surface area contributed by atoms with Crippen LogP contribution in [0.5, 0.6) is 5.75 Å². The van der Waals surface area contributed by atoms with Gasteiger partial charge in [0.15, 0.2) is 0 Å². The van der Waals surface area contributed by atoms with E-state index in [1.807, 2.05) is 17.0 Å². The Bertz CT molecular complexity index is 518. The summed E-state index contributed by atoms with van der Waals surface area (Å²) in [6, 6.07) is 8.22. The summed E-state index contributed by atoms with van der Waals surface area (Å²) in [5.41, 5.74) is 1.23. The van der Waals surface area contributed by atoms with E-state index in [4.69, 9.17) is 4.74 Å². The first-order valence-electron chi connectivity index (χ1n) is 8.61. The van der Waals surface area contributed by atoms with Crippen molar-refractivity contribution in [2.45, 2.75) is 25.8 Å². The molecule has 2 aliphatic heterocycles. The van der Waals surface area contributed by atoms with E-state index in [0.29, 0.717) is 5.91 Å². The van der Waals surface area contributed by atoms with Gasteiger partial charge in [-0.25, -0.2) is 0 Å². The van der Waals surface area contributed by atoms with Crippen LogP contribution in [0.4, 0.5) is 5.69 Å². The molecule has 0 saturated carbocycles. The number of piperazine rings is 1. The maximum absolute atomic E-state index is 12.5. The van der Waals surface area contributed by atoms with E-state index in [1.165, 1.54) is 5.69 Å². The van der Waals surface area contributed by atoms with Crippen molar-refractivity contribution in [3.8, 4) is 5.75 Å². The smallest absolute Gasteiger partial charge is 0.239 e. The number of nitrogens with zero attached hydrogens (tertiary/aromatic N) is 3. The third kappa shape index (κ3) is 3.61. The van der Waals surface area contributed by atoms with Crippen molar-refractivity contribution in [2.75, 3.05) is 51.3 Å². The molecule has 3 rings (SSSR count). The summed E-state index contributed by atoms with van der Waals surface area (Å²) in [7, 11) is 1.69. The summed E-state index contributed by atoms with van der Waals surface area (Å²) in [5, 5.41) is 0. The minimum absolute atomic E-state index is 0.00566. The van der Waals surface area contributed by atoms with Crippen LogP contribution in [-0.4, -0.2) is 68.1 Å². The second-order valence-corrected chi connectivity index (χ2v) is 6.43. The lowest BCUT2D eigenvalue weighted by atomic mass is 10.2. The molecule has 2 fully saturated rings. The number of benzene rings is 1. The predicted octanol–water partition coefficient (Wildman–Crippen LogP) is 1.83. The van der Waals surface area contributed by atoms with Crippen molar-refractivity contribution in [3.63, 3.8) is 0 Å². The fraction of sp³-hybridized carbons (Fsp3) is 0.611. The average Bonchev–Trinajstić information content (AvgIpc) is 3.15. The molecule has 5 heteroatoms. The molecule has 1 aromatic carbocycles. The maximum Gasteiger partial charge on any atom is 0.239 e. The lowest BCUT2D eigenvalue weighted by Gasteiger charge is -2.39. The van der Waals surface area contributed by atoms with Crippen molar-refractivity contribution in [2.24, 2.45) is 0 Å². The van der Waals surface area contributed by atoms with E-state index in [1.54, 1.807) is 7.11 Å². The minimum atomic E-state index is 0.00566. The summed E-state index contributed by atoms with van der Waals surface area (Å²) in [4.78, 5) is 19.2. The number of hydrogen-bond acceptors (Lipinski definition) is 4. The lowest BCUT2D eigenvalue weighted by molar-refractivity contribution is -0.135. The fourth-order valence-electron chi connectivity index (χ4n) is 3.52. The van der Waals surface area contributed by atoms with Gasteiger partial charge in [0.1, 0.15) is 5.75 Å². The van der Waals surface area contributed by atoms with Gasteiger partial charge in [0.25, 0.3) is 0 Å². The largest absolute Gasteiger partial charge is 0.497 e. The van der Waals surface area contributed by atoms with Crippen LogP contribution >= 0.6 is 0 Å². The summed E-state index contributed by atoms with van der Waals surface area (Å²) < 4.78 is 5.21. The third-order valence-electron chi connectivity index (χ3n) is 5.07. The fourth-order valence-corrected chi connectivity index (χ4v) is 3.52. The van der Waals surface area contributed by atoms with Crippen LogP contribution in [0.3, 0.4) is 0 Å². The number of amides is 1. The van der Waals surface area contributed by atoms with Gasteiger partial charge < -0.3 is 14.5 Å². The van der Waals surface area contributed by atoms with Crippen molar-refractivity contribution < 1.29 is 9.53 Å². The molecule has 0 bridgehead atoms. The molecule has 2 heterocycles. The zero-order valence-electron chi connectivity index (χ0n) is 14.2. The Morgan fingerprint density at radius 2 is 1.61 bits per heavy atom. The molecule has 5 nitrogen and oxygen atoms in total. The molecule has 126 valence electrons. The molecular formula is C18H27N3O2. The molecule has 0 aliphatic carbocycles. The molecule has 1 amide bonds. The number of anilines is 1. The molecule has 1 aromatic rings. The Balaban J connectivity index is 1.53. The Morgan fingerprint density at radius 1 is 1.00 bits per heavy atom. The van der Waals surface area contributed by atoms with E-state index >= 15 is 0 Å². The van der Waals surface area contributed by atoms with Gasteiger partial charge in [-0.15, -0.1) is 0 Å². The number of ether oxygens (including phenoxy) is 1. The highest BCUT2D eigenvalue weighted by molar-refractivity contribution is 5.81. The molecular weight excluding hydrogens is 290 g/mol. The zero-order chi connectivity index (χ0) is 16.2. The van der Waals surface area contributed by atoms with Gasteiger partial charge in [-0.3, -0.25) is 9.69 Å². The van der Waals surface area contributed by atoms with E-state index < -0.39 is 0 Å². The van der Waals surface area contributed by atoms with Crippen LogP contribution in [0.1, 0.15) is 19.8 Å². The van der Waals surface area contributed by atoms with Gasteiger partial charge in [0.05, 0.1) is 13.2 Å². The summed E-state index contributed by atoms with van der Waals surface area (Å²) in [6.07, 6.45) is 2.31. The number of likely N-dealkylation sites (tertiary alicyclic amines) is 1. The van der Waals surface area contributed by atoms with Crippen molar-refractivity contribution >= 4 is 11.6 Å². The van der Waals surface area contributed by atoms with E-state index in [2.05, 4.69) is 28.9 Å². The molecule has 23 heavy (non-hydrogen) atoms. The first kappa shape index (κ1) is 16.1. The third-order valence-corrected chi connectivity index (χ3v) is 5.07. The average molecular weight is 317 g/mol. The standard InChI is InChI=1S/C18H27N3O2/c1-15(18(22)21-9-3-4-10-21)19-11-13-20(14-12-19)16-5-7-17(23-2)8-6-16/h5-8,15H,3-4,9-14H2,1-2H3/t15-/m1/s1. The van der Waals surface area contributed by atoms with Crippen LogP contribution in [0.15, 0.2) is 24.3 Å². The van der Waals surface area contributed by atoms with Gasteiger partial charge in [0.2, 0.25) is 5.91 Å². The molecule has 2 saturated heterocycles. The second-order valence-electron chi connectivity index (χ2n) is 6.43. The number of methoxy groups -OCH3 is 1. The van der Waals surface area contributed by atoms with Crippen molar-refractivity contribution in [1.29, 1.82) is 0 Å². The Labute approximate surface area is 138 Å². The monoisotopic (exact) mass is 317 g/mol. The van der Waals surface area contributed by atoms with Gasteiger partial charge >= 0.3 is 0 Å². The van der Waals surface area contributed by atoms with Gasteiger partial charge in [0, 0.05) is 45.0 Å². The van der Waals surface area contributed by atoms with Crippen molar-refractivity contribution in [1.82, 2.24) is 9.80 Å². The number of carbonyl (C=O) groups excluding carboxylic acids is 1. The first-order chi connectivity index (χ1) is 11.2.